The second-order valence-corrected chi connectivity index (χ2v) is 9.71. The monoisotopic (exact) mass is 536 g/mol. The minimum atomic E-state index is -1.53. The predicted molar refractivity (Wildman–Crippen MR) is 151 cm³/mol. The van der Waals surface area contributed by atoms with Crippen LogP contribution in [0.1, 0.15) is 27.0 Å². The molecule has 5 rings (SSSR count). The van der Waals surface area contributed by atoms with Gasteiger partial charge in [0.25, 0.3) is 5.91 Å². The maximum atomic E-state index is 13.7. The molecule has 1 saturated heterocycles. The second-order valence-electron chi connectivity index (χ2n) is 9.71. The second kappa shape index (κ2) is 13.2. The van der Waals surface area contributed by atoms with Gasteiger partial charge in [-0.05, 0) is 28.8 Å². The van der Waals surface area contributed by atoms with Gasteiger partial charge in [-0.3, -0.25) is 10.1 Å². The maximum absolute atomic E-state index is 13.7. The van der Waals surface area contributed by atoms with Crippen molar-refractivity contribution in [2.75, 3.05) is 0 Å². The third-order valence-corrected chi connectivity index (χ3v) is 6.91. The van der Waals surface area contributed by atoms with Gasteiger partial charge in [0.1, 0.15) is 12.3 Å². The van der Waals surface area contributed by atoms with Crippen molar-refractivity contribution in [3.05, 3.63) is 144 Å². The number of aliphatic hydroxyl groups is 1. The van der Waals surface area contributed by atoms with E-state index in [1.807, 2.05) is 97.1 Å². The summed E-state index contributed by atoms with van der Waals surface area (Å²) in [6, 6.07) is 37.4. The molecular formula is C33H32N2O5. The highest BCUT2D eigenvalue weighted by Gasteiger charge is 2.51. The highest BCUT2D eigenvalue weighted by molar-refractivity contribution is 5.90. The number of carbonyl (C=O) groups is 2. The number of ether oxygens (including phenoxy) is 2. The summed E-state index contributed by atoms with van der Waals surface area (Å²) in [7, 11) is 0. The lowest BCUT2D eigenvalue weighted by atomic mass is 9.95. The Balaban J connectivity index is 1.49. The number of rotatable bonds is 10. The van der Waals surface area contributed by atoms with E-state index in [1.54, 1.807) is 24.3 Å². The zero-order chi connectivity index (χ0) is 27.7. The normalized spacial score (nSPS) is 20.7. The van der Waals surface area contributed by atoms with Gasteiger partial charge in [-0.2, -0.15) is 0 Å². The Labute approximate surface area is 234 Å². The molecule has 2 N–H and O–H groups in total. The van der Waals surface area contributed by atoms with Gasteiger partial charge >= 0.3 is 5.97 Å². The summed E-state index contributed by atoms with van der Waals surface area (Å²) in [4.78, 5) is 28.5. The lowest BCUT2D eigenvalue weighted by Crippen LogP contribution is -2.69. The quantitative estimate of drug-likeness (QED) is 0.294. The molecular weight excluding hydrogens is 504 g/mol. The van der Waals surface area contributed by atoms with E-state index in [2.05, 4.69) is 5.32 Å². The molecule has 0 spiro atoms. The fourth-order valence-corrected chi connectivity index (χ4v) is 4.84. The van der Waals surface area contributed by atoms with Crippen molar-refractivity contribution in [1.82, 2.24) is 10.2 Å². The van der Waals surface area contributed by atoms with Gasteiger partial charge in [0.05, 0.1) is 12.2 Å². The molecule has 40 heavy (non-hydrogen) atoms. The fourth-order valence-electron chi connectivity index (χ4n) is 4.84. The van der Waals surface area contributed by atoms with Gasteiger partial charge in [-0.25, -0.2) is 4.79 Å². The predicted octanol–water partition coefficient (Wildman–Crippen LogP) is 4.32. The van der Waals surface area contributed by atoms with Crippen molar-refractivity contribution in [2.45, 2.75) is 44.2 Å². The molecule has 0 bridgehead atoms. The molecule has 0 saturated carbocycles. The topological polar surface area (TPSA) is 88.1 Å². The summed E-state index contributed by atoms with van der Waals surface area (Å²) < 4.78 is 12.3. The zero-order valence-corrected chi connectivity index (χ0v) is 22.0. The van der Waals surface area contributed by atoms with E-state index < -0.39 is 36.4 Å². The van der Waals surface area contributed by atoms with Crippen LogP contribution in [0.25, 0.3) is 0 Å². The van der Waals surface area contributed by atoms with Gasteiger partial charge in [-0.1, -0.05) is 109 Å². The van der Waals surface area contributed by atoms with E-state index in [-0.39, 0.29) is 13.2 Å². The van der Waals surface area contributed by atoms with E-state index in [0.717, 1.165) is 16.7 Å². The molecule has 7 nitrogen and oxygen atoms in total. The fraction of sp³-hybridized carbons (Fsp3) is 0.212. The summed E-state index contributed by atoms with van der Waals surface area (Å²) >= 11 is 0. The van der Waals surface area contributed by atoms with Gasteiger partial charge in [0.2, 0.25) is 0 Å². The van der Waals surface area contributed by atoms with E-state index in [1.165, 1.54) is 4.90 Å². The van der Waals surface area contributed by atoms with Crippen LogP contribution in [0.2, 0.25) is 0 Å². The molecule has 0 radical (unpaired) electrons. The van der Waals surface area contributed by atoms with Crippen LogP contribution in [-0.4, -0.2) is 46.4 Å². The number of benzene rings is 4. The molecule has 1 amide bonds. The molecule has 1 aliphatic heterocycles. The van der Waals surface area contributed by atoms with Crippen LogP contribution in [0.4, 0.5) is 0 Å². The number of nitrogens with one attached hydrogen (secondary N) is 1. The first-order chi connectivity index (χ1) is 19.6. The summed E-state index contributed by atoms with van der Waals surface area (Å²) in [5.74, 6) is -1.06. The standard InChI is InChI=1S/C33H32N2O5/c36-28-29(39-23-26-17-9-3-10-18-26)30(40-33(38)27-19-11-4-12-20-27)31(34-21-24-13-5-1-6-14-24)35(32(28)37)22-25-15-7-2-8-16-25/h1-20,28-31,34,36H,21-23H2/t28-,29-,30+,31-/m0/s1. The molecule has 0 aromatic heterocycles. The highest BCUT2D eigenvalue weighted by atomic mass is 16.6. The van der Waals surface area contributed by atoms with Crippen LogP contribution < -0.4 is 5.32 Å². The van der Waals surface area contributed by atoms with Crippen molar-refractivity contribution < 1.29 is 24.2 Å². The lowest BCUT2D eigenvalue weighted by Gasteiger charge is -2.46. The van der Waals surface area contributed by atoms with E-state index >= 15 is 0 Å². The first kappa shape index (κ1) is 27.3. The van der Waals surface area contributed by atoms with Crippen molar-refractivity contribution in [2.24, 2.45) is 0 Å². The maximum Gasteiger partial charge on any atom is 0.338 e. The average molecular weight is 537 g/mol. The van der Waals surface area contributed by atoms with Crippen LogP contribution in [0.15, 0.2) is 121 Å². The molecule has 1 fully saturated rings. The number of esters is 1. The Morgan fingerprint density at radius 1 is 0.725 bits per heavy atom. The molecule has 1 heterocycles. The number of amides is 1. The Hall–Kier alpha value is -4.30. The Morgan fingerprint density at radius 3 is 1.85 bits per heavy atom. The minimum absolute atomic E-state index is 0.138. The molecule has 0 aliphatic carbocycles. The SMILES string of the molecule is O=C(O[C@@H]1[C@@H](OCc2ccccc2)[C@H](O)C(=O)N(Cc2ccccc2)[C@@H]1NCc1ccccc1)c1ccccc1. The Kier molecular flexibility index (Phi) is 8.98. The third-order valence-electron chi connectivity index (χ3n) is 6.91. The average Bonchev–Trinajstić information content (AvgIpc) is 3.01. The van der Waals surface area contributed by atoms with E-state index in [4.69, 9.17) is 9.47 Å². The molecule has 4 atom stereocenters. The molecule has 204 valence electrons. The van der Waals surface area contributed by atoms with Crippen LogP contribution in [0.3, 0.4) is 0 Å². The molecule has 7 heteroatoms. The number of carbonyl (C=O) groups excluding carboxylic acids is 2. The van der Waals surface area contributed by atoms with Crippen molar-refractivity contribution in [1.29, 1.82) is 0 Å². The largest absolute Gasteiger partial charge is 0.452 e. The van der Waals surface area contributed by atoms with Gasteiger partial charge in [0.15, 0.2) is 12.2 Å². The van der Waals surface area contributed by atoms with Crippen LogP contribution >= 0.6 is 0 Å². The van der Waals surface area contributed by atoms with Crippen LogP contribution in [0, 0.1) is 0 Å². The number of piperidine rings is 1. The van der Waals surface area contributed by atoms with Crippen molar-refractivity contribution in [3.8, 4) is 0 Å². The van der Waals surface area contributed by atoms with Crippen molar-refractivity contribution in [3.63, 3.8) is 0 Å². The smallest absolute Gasteiger partial charge is 0.338 e. The van der Waals surface area contributed by atoms with Gasteiger partial charge in [0, 0.05) is 13.1 Å². The van der Waals surface area contributed by atoms with Gasteiger partial charge < -0.3 is 19.5 Å². The minimum Gasteiger partial charge on any atom is -0.452 e. The summed E-state index contributed by atoms with van der Waals surface area (Å²) in [6.45, 7) is 0.762. The molecule has 4 aromatic carbocycles. The molecule has 1 aliphatic rings. The number of hydrogen-bond donors (Lipinski definition) is 2. The zero-order valence-electron chi connectivity index (χ0n) is 22.0. The first-order valence-electron chi connectivity index (χ1n) is 13.3. The first-order valence-corrected chi connectivity index (χ1v) is 13.3. The summed E-state index contributed by atoms with van der Waals surface area (Å²) in [5, 5.41) is 14.7. The van der Waals surface area contributed by atoms with Gasteiger partial charge in [-0.15, -0.1) is 0 Å². The molecule has 4 aromatic rings. The number of nitrogens with zero attached hydrogens (tertiary/aromatic N) is 1. The molecule has 0 unspecified atom stereocenters. The Morgan fingerprint density at radius 2 is 1.25 bits per heavy atom. The van der Waals surface area contributed by atoms with E-state index in [0.29, 0.717) is 12.1 Å². The van der Waals surface area contributed by atoms with Crippen LogP contribution in [0.5, 0.6) is 0 Å². The summed E-state index contributed by atoms with van der Waals surface area (Å²) in [5.41, 5.74) is 3.12. The Bertz CT molecular complexity index is 1370. The number of aliphatic hydroxyl groups excluding tert-OH is 1. The number of likely N-dealkylation sites (tertiary alicyclic amines) is 1. The third kappa shape index (κ3) is 6.63. The van der Waals surface area contributed by atoms with Crippen molar-refractivity contribution >= 4 is 11.9 Å². The van der Waals surface area contributed by atoms with E-state index in [9.17, 15) is 14.7 Å². The lowest BCUT2D eigenvalue weighted by molar-refractivity contribution is -0.192. The summed E-state index contributed by atoms with van der Waals surface area (Å²) in [6.07, 6.45) is -4.40. The highest BCUT2D eigenvalue weighted by Crippen LogP contribution is 2.28. The van der Waals surface area contributed by atoms with Crippen LogP contribution in [-0.2, 0) is 34.0 Å². The number of hydrogen-bond acceptors (Lipinski definition) is 6.